The Morgan fingerprint density at radius 1 is 1.13 bits per heavy atom. The van der Waals surface area contributed by atoms with Crippen LogP contribution in [0.1, 0.15) is 28.9 Å². The second-order valence-electron chi connectivity index (χ2n) is 7.34. The van der Waals surface area contributed by atoms with Gasteiger partial charge in [-0.05, 0) is 48.9 Å². The van der Waals surface area contributed by atoms with Gasteiger partial charge in [0.2, 0.25) is 5.75 Å². The first-order chi connectivity index (χ1) is 14.8. The zero-order valence-electron chi connectivity index (χ0n) is 17.2. The summed E-state index contributed by atoms with van der Waals surface area (Å²) in [6, 6.07) is 10.7. The molecule has 2 heterocycles. The average Bonchev–Trinajstić information content (AvgIpc) is 3.65. The van der Waals surface area contributed by atoms with Crippen molar-refractivity contribution in [2.75, 3.05) is 33.2 Å². The van der Waals surface area contributed by atoms with Crippen molar-refractivity contribution >= 4 is 19.3 Å². The highest BCUT2D eigenvalue weighted by molar-refractivity contribution is 7.54. The van der Waals surface area contributed by atoms with Crippen LogP contribution in [0.4, 0.5) is 5.69 Å². The van der Waals surface area contributed by atoms with Crippen molar-refractivity contribution in [3.8, 4) is 11.5 Å². The molecule has 1 unspecified atom stereocenters. The molecule has 0 bridgehead atoms. The van der Waals surface area contributed by atoms with Gasteiger partial charge in [-0.3, -0.25) is 24.0 Å². The van der Waals surface area contributed by atoms with Gasteiger partial charge in [-0.15, -0.1) is 0 Å². The number of rotatable bonds is 9. The number of nitro benzene ring substituents is 1. The van der Waals surface area contributed by atoms with Crippen LogP contribution in [0.2, 0.25) is 0 Å². The fourth-order valence-corrected chi connectivity index (χ4v) is 5.48. The maximum Gasteiger partial charge on any atom is 0.346 e. The van der Waals surface area contributed by atoms with Crippen molar-refractivity contribution in [3.63, 3.8) is 0 Å². The van der Waals surface area contributed by atoms with E-state index in [4.69, 9.17) is 9.26 Å². The third kappa shape index (κ3) is 4.62. The molecule has 2 aliphatic heterocycles. The van der Waals surface area contributed by atoms with E-state index in [0.29, 0.717) is 16.9 Å². The van der Waals surface area contributed by atoms with E-state index in [1.54, 1.807) is 37.3 Å². The van der Waals surface area contributed by atoms with E-state index < -0.39 is 18.7 Å². The first kappa shape index (κ1) is 21.5. The Morgan fingerprint density at radius 2 is 1.74 bits per heavy atom. The Morgan fingerprint density at radius 3 is 2.26 bits per heavy atom. The second-order valence-corrected chi connectivity index (χ2v) is 9.66. The first-order valence-electron chi connectivity index (χ1n) is 9.89. The van der Waals surface area contributed by atoms with Gasteiger partial charge >= 0.3 is 13.4 Å². The number of nitro groups is 1. The Kier molecular flexibility index (Phi) is 5.81. The smallest absolute Gasteiger partial charge is 0.346 e. The van der Waals surface area contributed by atoms with E-state index in [1.165, 1.54) is 19.2 Å². The standard InChI is InChI=1S/C20H23N4O6P/c1-14(30-31(28,22-9-10-22)23-11-12-23)16-5-8-18(24(26)27)19(13-16)29-17-6-3-15(4-7-17)20(25)21-2/h3-8,13-14H,9-12H2,1-2H3,(H,21,25). The van der Waals surface area contributed by atoms with E-state index in [0.717, 1.165) is 26.2 Å². The molecule has 164 valence electrons. The fourth-order valence-electron chi connectivity index (χ4n) is 3.14. The Bertz CT molecular complexity index is 1040. The van der Waals surface area contributed by atoms with E-state index >= 15 is 0 Å². The molecule has 2 aromatic carbocycles. The van der Waals surface area contributed by atoms with Crippen molar-refractivity contribution in [2.45, 2.75) is 13.0 Å². The summed E-state index contributed by atoms with van der Waals surface area (Å²) in [5.41, 5.74) is 0.860. The summed E-state index contributed by atoms with van der Waals surface area (Å²) in [7, 11) is -1.51. The Labute approximate surface area is 179 Å². The van der Waals surface area contributed by atoms with Crippen LogP contribution in [-0.4, -0.2) is 53.4 Å². The molecule has 10 nitrogen and oxygen atoms in total. The Balaban J connectivity index is 1.57. The summed E-state index contributed by atoms with van der Waals surface area (Å²) >= 11 is 0. The van der Waals surface area contributed by atoms with Gasteiger partial charge in [0.25, 0.3) is 5.91 Å². The second kappa shape index (κ2) is 8.39. The minimum absolute atomic E-state index is 0.0407. The number of carbonyl (C=O) groups excluding carboxylic acids is 1. The first-order valence-corrected chi connectivity index (χ1v) is 11.4. The SMILES string of the molecule is CNC(=O)c1ccc(Oc2cc(C(C)OP(=O)(N3CC3)N3CC3)ccc2[N+](=O)[O-])cc1. The van der Waals surface area contributed by atoms with Crippen LogP contribution < -0.4 is 10.1 Å². The summed E-state index contributed by atoms with van der Waals surface area (Å²) in [5, 5.41) is 14.0. The molecule has 0 radical (unpaired) electrons. The van der Waals surface area contributed by atoms with Crippen LogP contribution in [0.3, 0.4) is 0 Å². The number of hydrogen-bond donors (Lipinski definition) is 1. The average molecular weight is 446 g/mol. The van der Waals surface area contributed by atoms with Crippen molar-refractivity contribution in [2.24, 2.45) is 0 Å². The quantitative estimate of drug-likeness (QED) is 0.269. The van der Waals surface area contributed by atoms with E-state index in [-0.39, 0.29) is 17.3 Å². The summed E-state index contributed by atoms with van der Waals surface area (Å²) in [6.07, 6.45) is -0.550. The van der Waals surface area contributed by atoms with Gasteiger partial charge in [0, 0.05) is 44.9 Å². The molecular formula is C20H23N4O6P. The van der Waals surface area contributed by atoms with E-state index in [1.807, 2.05) is 9.34 Å². The van der Waals surface area contributed by atoms with Crippen molar-refractivity contribution in [1.29, 1.82) is 0 Å². The molecule has 1 amide bonds. The maximum atomic E-state index is 13.2. The number of amides is 1. The van der Waals surface area contributed by atoms with Gasteiger partial charge in [-0.25, -0.2) is 9.34 Å². The molecule has 2 aromatic rings. The number of hydrogen-bond acceptors (Lipinski definition) is 6. The zero-order chi connectivity index (χ0) is 22.2. The van der Waals surface area contributed by atoms with E-state index in [9.17, 15) is 19.5 Å². The third-order valence-electron chi connectivity index (χ3n) is 5.08. The molecule has 1 N–H and O–H groups in total. The number of ether oxygens (including phenoxy) is 1. The lowest BCUT2D eigenvalue weighted by Gasteiger charge is -2.24. The predicted molar refractivity (Wildman–Crippen MR) is 113 cm³/mol. The highest BCUT2D eigenvalue weighted by Gasteiger charge is 2.50. The van der Waals surface area contributed by atoms with Crippen LogP contribution in [-0.2, 0) is 9.09 Å². The maximum absolute atomic E-state index is 13.2. The number of benzene rings is 2. The fraction of sp³-hybridized carbons (Fsp3) is 0.350. The molecule has 2 saturated heterocycles. The molecule has 0 spiro atoms. The van der Waals surface area contributed by atoms with Crippen LogP contribution in [0.15, 0.2) is 42.5 Å². The highest BCUT2D eigenvalue weighted by atomic mass is 31.2. The van der Waals surface area contributed by atoms with Gasteiger partial charge < -0.3 is 10.1 Å². The van der Waals surface area contributed by atoms with Crippen molar-refractivity contribution < 1.29 is 23.5 Å². The molecular weight excluding hydrogens is 423 g/mol. The summed E-state index contributed by atoms with van der Waals surface area (Å²) in [5.74, 6) is 0.145. The summed E-state index contributed by atoms with van der Waals surface area (Å²) < 4.78 is 28.6. The molecule has 2 fully saturated rings. The molecule has 2 aliphatic rings. The summed E-state index contributed by atoms with van der Waals surface area (Å²) in [4.78, 5) is 22.6. The summed E-state index contributed by atoms with van der Waals surface area (Å²) in [6.45, 7) is 4.72. The molecule has 11 heteroatoms. The van der Waals surface area contributed by atoms with Gasteiger partial charge in [0.15, 0.2) is 0 Å². The van der Waals surface area contributed by atoms with Crippen LogP contribution in [0.5, 0.6) is 11.5 Å². The minimum Gasteiger partial charge on any atom is -0.450 e. The highest BCUT2D eigenvalue weighted by Crippen LogP contribution is 2.63. The molecule has 31 heavy (non-hydrogen) atoms. The minimum atomic E-state index is -3.04. The largest absolute Gasteiger partial charge is 0.450 e. The monoisotopic (exact) mass is 446 g/mol. The van der Waals surface area contributed by atoms with Crippen molar-refractivity contribution in [1.82, 2.24) is 14.7 Å². The van der Waals surface area contributed by atoms with Crippen LogP contribution in [0, 0.1) is 10.1 Å². The van der Waals surface area contributed by atoms with Gasteiger partial charge in [0.1, 0.15) is 5.75 Å². The van der Waals surface area contributed by atoms with Gasteiger partial charge in [0.05, 0.1) is 11.0 Å². The Hall–Kier alpha value is -2.78. The number of carbonyl (C=O) groups is 1. The van der Waals surface area contributed by atoms with Gasteiger partial charge in [-0.2, -0.15) is 0 Å². The topological polar surface area (TPSA) is 114 Å². The van der Waals surface area contributed by atoms with Crippen LogP contribution in [0.25, 0.3) is 0 Å². The number of nitrogens with one attached hydrogen (secondary N) is 1. The van der Waals surface area contributed by atoms with Gasteiger partial charge in [-0.1, -0.05) is 0 Å². The molecule has 1 atom stereocenters. The third-order valence-corrected chi connectivity index (χ3v) is 7.90. The lowest BCUT2D eigenvalue weighted by Crippen LogP contribution is -2.17. The van der Waals surface area contributed by atoms with Crippen molar-refractivity contribution in [3.05, 3.63) is 63.7 Å². The normalized spacial score (nSPS) is 17.1. The predicted octanol–water partition coefficient (Wildman–Crippen LogP) is 3.56. The molecule has 4 rings (SSSR count). The molecule has 0 aromatic heterocycles. The lowest BCUT2D eigenvalue weighted by molar-refractivity contribution is -0.385. The molecule has 0 saturated carbocycles. The van der Waals surface area contributed by atoms with E-state index in [2.05, 4.69) is 5.32 Å². The molecule has 0 aliphatic carbocycles. The number of nitrogens with zero attached hydrogens (tertiary/aromatic N) is 3. The van der Waals surface area contributed by atoms with Crippen LogP contribution >= 0.6 is 7.67 Å². The lowest BCUT2D eigenvalue weighted by atomic mass is 10.1. The zero-order valence-corrected chi connectivity index (χ0v) is 18.1.